The Morgan fingerprint density at radius 1 is 0.861 bits per heavy atom. The van der Waals surface area contributed by atoms with Crippen molar-refractivity contribution < 1.29 is 19.2 Å². The fourth-order valence-corrected chi connectivity index (χ4v) is 5.13. The number of carbonyl (C=O) groups is 4. The molecule has 0 spiro atoms. The Balaban J connectivity index is 1.71. The van der Waals surface area contributed by atoms with E-state index in [2.05, 4.69) is 16.0 Å². The minimum absolute atomic E-state index is 0.150. The van der Waals surface area contributed by atoms with E-state index in [4.69, 9.17) is 0 Å². The van der Waals surface area contributed by atoms with Crippen LogP contribution >= 0.6 is 0 Å². The van der Waals surface area contributed by atoms with E-state index >= 15 is 0 Å². The summed E-state index contributed by atoms with van der Waals surface area (Å²) in [5.41, 5.74) is 1.81. The van der Waals surface area contributed by atoms with Crippen LogP contribution in [-0.2, 0) is 25.6 Å². The van der Waals surface area contributed by atoms with Gasteiger partial charge in [0.15, 0.2) is 0 Å². The van der Waals surface area contributed by atoms with Crippen LogP contribution < -0.4 is 16.0 Å². The zero-order chi connectivity index (χ0) is 25.8. The normalized spacial score (nSPS) is 27.1. The summed E-state index contributed by atoms with van der Waals surface area (Å²) in [7, 11) is 0. The number of rotatable bonds is 5. The first-order valence-electron chi connectivity index (χ1n) is 12.5. The maximum absolute atomic E-state index is 13.6. The van der Waals surface area contributed by atoms with Gasteiger partial charge in [0, 0.05) is 12.5 Å². The minimum atomic E-state index is -0.863. The highest BCUT2D eigenvalue weighted by Gasteiger charge is 2.53. The highest BCUT2D eigenvalue weighted by Crippen LogP contribution is 2.43. The molecule has 2 aromatic carbocycles. The lowest BCUT2D eigenvalue weighted by Gasteiger charge is -2.50. The molecule has 3 N–H and O–H groups in total. The van der Waals surface area contributed by atoms with Crippen LogP contribution in [0.5, 0.6) is 0 Å². The van der Waals surface area contributed by atoms with Gasteiger partial charge in [-0.25, -0.2) is 0 Å². The molecule has 0 saturated carbocycles. The van der Waals surface area contributed by atoms with Gasteiger partial charge in [-0.3, -0.25) is 19.2 Å². The summed E-state index contributed by atoms with van der Waals surface area (Å²) >= 11 is 0. The van der Waals surface area contributed by atoms with Crippen molar-refractivity contribution in [3.8, 4) is 0 Å². The van der Waals surface area contributed by atoms with Crippen molar-refractivity contribution in [3.05, 3.63) is 71.8 Å². The molecular weight excluding hydrogens is 456 g/mol. The summed E-state index contributed by atoms with van der Waals surface area (Å²) in [6.07, 6.45) is 0.883. The molecule has 2 bridgehead atoms. The van der Waals surface area contributed by atoms with E-state index in [0.29, 0.717) is 12.8 Å². The zero-order valence-electron chi connectivity index (χ0n) is 20.9. The average molecular weight is 491 g/mol. The molecule has 3 aliphatic rings. The highest BCUT2D eigenvalue weighted by atomic mass is 16.2. The van der Waals surface area contributed by atoms with Crippen LogP contribution in [0.1, 0.15) is 44.4 Å². The van der Waals surface area contributed by atoms with Gasteiger partial charge in [-0.1, -0.05) is 74.5 Å². The van der Waals surface area contributed by atoms with Crippen molar-refractivity contribution in [2.24, 2.45) is 11.8 Å². The van der Waals surface area contributed by atoms with E-state index in [1.54, 1.807) is 11.8 Å². The number of amides is 4. The van der Waals surface area contributed by atoms with Gasteiger partial charge in [-0.15, -0.1) is 0 Å². The lowest BCUT2D eigenvalue weighted by molar-refractivity contribution is -0.162. The average Bonchev–Trinajstić information content (AvgIpc) is 2.85. The molecule has 3 heterocycles. The third-order valence-corrected chi connectivity index (χ3v) is 6.87. The maximum Gasteiger partial charge on any atom is 0.243 e. The zero-order valence-corrected chi connectivity index (χ0v) is 20.9. The molecule has 190 valence electrons. The first-order valence-corrected chi connectivity index (χ1v) is 12.5. The fraction of sp³-hybridized carbons (Fsp3) is 0.429. The van der Waals surface area contributed by atoms with E-state index in [-0.39, 0.29) is 30.3 Å². The Morgan fingerprint density at radius 2 is 1.50 bits per heavy atom. The molecule has 0 unspecified atom stereocenters. The molecule has 2 aromatic rings. The second-order valence-corrected chi connectivity index (χ2v) is 10.1. The summed E-state index contributed by atoms with van der Waals surface area (Å²) in [6.45, 7) is 5.51. The molecule has 0 aromatic heterocycles. The van der Waals surface area contributed by atoms with Gasteiger partial charge in [0.05, 0.1) is 12.0 Å². The Bertz CT molecular complexity index is 1110. The van der Waals surface area contributed by atoms with Crippen LogP contribution in [-0.4, -0.2) is 53.2 Å². The smallest absolute Gasteiger partial charge is 0.243 e. The maximum atomic E-state index is 13.6. The predicted molar refractivity (Wildman–Crippen MR) is 135 cm³/mol. The molecule has 5 atom stereocenters. The number of nitrogens with zero attached hydrogens (tertiary/aromatic N) is 1. The van der Waals surface area contributed by atoms with Gasteiger partial charge < -0.3 is 20.9 Å². The van der Waals surface area contributed by atoms with Crippen LogP contribution in [0.25, 0.3) is 0 Å². The van der Waals surface area contributed by atoms with Crippen molar-refractivity contribution in [1.82, 2.24) is 20.9 Å². The molecule has 0 radical (unpaired) electrons. The second kappa shape index (κ2) is 10.9. The van der Waals surface area contributed by atoms with E-state index in [9.17, 15) is 19.2 Å². The van der Waals surface area contributed by atoms with Crippen molar-refractivity contribution in [1.29, 1.82) is 0 Å². The van der Waals surface area contributed by atoms with Crippen LogP contribution in [0.2, 0.25) is 0 Å². The monoisotopic (exact) mass is 490 g/mol. The molecule has 0 aliphatic carbocycles. The van der Waals surface area contributed by atoms with Crippen LogP contribution in [0.3, 0.4) is 0 Å². The predicted octanol–water partition coefficient (Wildman–Crippen LogP) is 1.96. The number of fused-ring (bicyclic) bond motifs is 9. The highest BCUT2D eigenvalue weighted by molar-refractivity contribution is 5.96. The quantitative estimate of drug-likeness (QED) is 0.440. The van der Waals surface area contributed by atoms with E-state index < -0.39 is 35.9 Å². The summed E-state index contributed by atoms with van der Waals surface area (Å²) in [4.78, 5) is 54.3. The van der Waals surface area contributed by atoms with E-state index in [1.165, 1.54) is 0 Å². The summed E-state index contributed by atoms with van der Waals surface area (Å²) in [5.74, 6) is -1.66. The van der Waals surface area contributed by atoms with Crippen molar-refractivity contribution >= 4 is 23.6 Å². The van der Waals surface area contributed by atoms with Gasteiger partial charge in [0.1, 0.15) is 18.6 Å². The van der Waals surface area contributed by atoms with Crippen LogP contribution in [0.4, 0.5) is 0 Å². The van der Waals surface area contributed by atoms with Gasteiger partial charge in [0.2, 0.25) is 23.6 Å². The van der Waals surface area contributed by atoms with Crippen molar-refractivity contribution in [2.45, 2.75) is 57.8 Å². The Labute approximate surface area is 211 Å². The topological polar surface area (TPSA) is 108 Å². The van der Waals surface area contributed by atoms with Crippen molar-refractivity contribution in [2.75, 3.05) is 6.54 Å². The molecule has 4 amide bonds. The number of hydrogen-bond donors (Lipinski definition) is 3. The third kappa shape index (κ3) is 5.58. The molecular formula is C28H34N4O4. The molecule has 8 nitrogen and oxygen atoms in total. The fourth-order valence-electron chi connectivity index (χ4n) is 5.13. The number of nitrogens with one attached hydrogen (secondary N) is 3. The first kappa shape index (κ1) is 25.4. The number of hydrogen-bond acceptors (Lipinski definition) is 4. The van der Waals surface area contributed by atoms with E-state index in [0.717, 1.165) is 11.1 Å². The molecule has 3 saturated heterocycles. The second-order valence-electron chi connectivity index (χ2n) is 10.1. The minimum Gasteiger partial charge on any atom is -0.351 e. The molecule has 5 rings (SSSR count). The largest absolute Gasteiger partial charge is 0.351 e. The van der Waals surface area contributed by atoms with Gasteiger partial charge in [-0.2, -0.15) is 0 Å². The molecule has 3 aliphatic heterocycles. The summed E-state index contributed by atoms with van der Waals surface area (Å²) < 4.78 is 0. The van der Waals surface area contributed by atoms with Crippen molar-refractivity contribution in [3.63, 3.8) is 0 Å². The lowest BCUT2D eigenvalue weighted by Crippen LogP contribution is -2.64. The molecule has 3 fully saturated rings. The van der Waals surface area contributed by atoms with E-state index in [1.807, 2.05) is 74.5 Å². The standard InChI is InChI=1S/C28H34N4O4/c1-17(2)14-21-24-25(20-12-8-5-9-13-20)32(28(24)36)16-23(33)29-18(3)26(34)31-22(27(35)30-21)15-19-10-6-4-7-11-19/h4-13,17-18,21-22,24-25H,14-16H2,1-3H3,(H,29,33)(H,30,35)(H,31,34)/t18-,21-,22-,24-,25+/m0/s1. The summed E-state index contributed by atoms with van der Waals surface area (Å²) in [5, 5.41) is 8.61. The Kier molecular flexibility index (Phi) is 7.72. The third-order valence-electron chi connectivity index (χ3n) is 6.87. The number of carbonyl (C=O) groups excluding carboxylic acids is 4. The summed E-state index contributed by atoms with van der Waals surface area (Å²) in [6, 6.07) is 16.5. The molecule has 36 heavy (non-hydrogen) atoms. The Morgan fingerprint density at radius 3 is 2.14 bits per heavy atom. The van der Waals surface area contributed by atoms with Crippen LogP contribution in [0.15, 0.2) is 60.7 Å². The Hall–Kier alpha value is -3.68. The lowest BCUT2D eigenvalue weighted by atomic mass is 9.75. The van der Waals surface area contributed by atoms with Crippen LogP contribution in [0, 0.1) is 11.8 Å². The number of β-lactam (4-membered cyclic amide) rings is 1. The van der Waals surface area contributed by atoms with Gasteiger partial charge >= 0.3 is 0 Å². The van der Waals surface area contributed by atoms with Gasteiger partial charge in [0.25, 0.3) is 0 Å². The first-order chi connectivity index (χ1) is 17.2. The number of benzene rings is 2. The molecule has 8 heteroatoms. The SMILES string of the molecule is CC(C)C[C@@H]1NC(=O)[C@H](Cc2ccccc2)NC(=O)[C@H](C)NC(=O)CN2C(=O)[C@@H]1[C@H]2c1ccccc1. The van der Waals surface area contributed by atoms with Gasteiger partial charge in [-0.05, 0) is 30.4 Å².